The molecule has 4 nitrogen and oxygen atoms in total. The lowest BCUT2D eigenvalue weighted by molar-refractivity contribution is -0.138. The molecule has 1 unspecified atom stereocenters. The van der Waals surface area contributed by atoms with E-state index < -0.39 is 5.97 Å². The van der Waals surface area contributed by atoms with Gasteiger partial charge in [-0.1, -0.05) is 12.5 Å². The monoisotopic (exact) mass is 225 g/mol. The van der Waals surface area contributed by atoms with E-state index in [9.17, 15) is 9.59 Å². The Bertz CT molecular complexity index is 320. The first-order valence-corrected chi connectivity index (χ1v) is 5.69. The van der Waals surface area contributed by atoms with Gasteiger partial charge in [-0.25, -0.2) is 0 Å². The van der Waals surface area contributed by atoms with Crippen LogP contribution in [0.3, 0.4) is 0 Å². The molecule has 1 aliphatic rings. The number of carboxylic acid groups (broad SMARTS) is 1. The molecule has 0 radical (unpaired) electrons. The molecule has 1 rings (SSSR count). The van der Waals surface area contributed by atoms with Crippen LogP contribution in [0.4, 0.5) is 0 Å². The number of nitrogens with one attached hydrogen (secondary N) is 1. The molecule has 0 saturated carbocycles. The Hall–Kier alpha value is -1.32. The fourth-order valence-electron chi connectivity index (χ4n) is 1.95. The van der Waals surface area contributed by atoms with E-state index >= 15 is 0 Å². The molecule has 1 aliphatic carbocycles. The zero-order valence-electron chi connectivity index (χ0n) is 9.88. The van der Waals surface area contributed by atoms with Crippen LogP contribution in [0, 0.1) is 5.92 Å². The van der Waals surface area contributed by atoms with Crippen LogP contribution in [0.25, 0.3) is 0 Å². The van der Waals surface area contributed by atoms with Gasteiger partial charge in [0.2, 0.25) is 5.91 Å². The van der Waals surface area contributed by atoms with Crippen molar-refractivity contribution < 1.29 is 14.7 Å². The maximum Gasteiger partial charge on any atom is 0.303 e. The first-order chi connectivity index (χ1) is 7.50. The topological polar surface area (TPSA) is 66.4 Å². The first kappa shape index (κ1) is 12.7. The number of amides is 1. The smallest absolute Gasteiger partial charge is 0.303 e. The van der Waals surface area contributed by atoms with E-state index in [2.05, 4.69) is 5.32 Å². The molecule has 16 heavy (non-hydrogen) atoms. The van der Waals surface area contributed by atoms with Crippen molar-refractivity contribution in [2.75, 3.05) is 6.54 Å². The second-order valence-electron chi connectivity index (χ2n) is 4.53. The van der Waals surface area contributed by atoms with Crippen LogP contribution in [0.1, 0.15) is 39.5 Å². The summed E-state index contributed by atoms with van der Waals surface area (Å²) in [5, 5.41) is 11.4. The second-order valence-corrected chi connectivity index (χ2v) is 4.53. The fourth-order valence-corrected chi connectivity index (χ4v) is 1.95. The molecule has 0 aromatic rings. The highest BCUT2D eigenvalue weighted by molar-refractivity contribution is 5.94. The van der Waals surface area contributed by atoms with E-state index in [-0.39, 0.29) is 18.2 Å². The molecule has 4 heteroatoms. The highest BCUT2D eigenvalue weighted by atomic mass is 16.4. The lowest BCUT2D eigenvalue weighted by atomic mass is 10.1. The minimum atomic E-state index is -0.821. The third kappa shape index (κ3) is 3.68. The van der Waals surface area contributed by atoms with Crippen LogP contribution < -0.4 is 5.32 Å². The van der Waals surface area contributed by atoms with Gasteiger partial charge >= 0.3 is 5.97 Å². The minimum Gasteiger partial charge on any atom is -0.481 e. The molecule has 90 valence electrons. The summed E-state index contributed by atoms with van der Waals surface area (Å²) in [5.41, 5.74) is 2.06. The van der Waals surface area contributed by atoms with Crippen molar-refractivity contribution in [2.24, 2.45) is 5.92 Å². The number of rotatable bonds is 5. The van der Waals surface area contributed by atoms with Gasteiger partial charge in [-0.15, -0.1) is 0 Å². The van der Waals surface area contributed by atoms with Gasteiger partial charge in [-0.05, 0) is 32.1 Å². The fraction of sp³-hybridized carbons (Fsp3) is 0.667. The summed E-state index contributed by atoms with van der Waals surface area (Å²) < 4.78 is 0. The molecule has 0 aromatic heterocycles. The maximum atomic E-state index is 11.7. The zero-order valence-corrected chi connectivity index (χ0v) is 9.88. The Kier molecular flexibility index (Phi) is 4.52. The van der Waals surface area contributed by atoms with E-state index in [0.29, 0.717) is 6.54 Å². The van der Waals surface area contributed by atoms with E-state index in [1.54, 1.807) is 0 Å². The maximum absolute atomic E-state index is 11.7. The second kappa shape index (κ2) is 5.68. The van der Waals surface area contributed by atoms with Crippen LogP contribution in [0.5, 0.6) is 0 Å². The SMILES string of the molecule is CC1=C(C(=O)NCC(C)CC(=O)O)CCC1. The largest absolute Gasteiger partial charge is 0.481 e. The Morgan fingerprint density at radius 3 is 2.62 bits per heavy atom. The van der Waals surface area contributed by atoms with Crippen molar-refractivity contribution in [3.63, 3.8) is 0 Å². The normalized spacial score (nSPS) is 17.4. The Labute approximate surface area is 95.7 Å². The van der Waals surface area contributed by atoms with Gasteiger partial charge in [0.15, 0.2) is 0 Å². The third-order valence-electron chi connectivity index (χ3n) is 2.90. The lowest BCUT2D eigenvalue weighted by Crippen LogP contribution is -2.30. The predicted octanol–water partition coefficient (Wildman–Crippen LogP) is 1.71. The Morgan fingerprint density at radius 2 is 2.12 bits per heavy atom. The highest BCUT2D eigenvalue weighted by Gasteiger charge is 2.18. The first-order valence-electron chi connectivity index (χ1n) is 5.69. The summed E-state index contributed by atoms with van der Waals surface area (Å²) in [7, 11) is 0. The molecule has 0 heterocycles. The van der Waals surface area contributed by atoms with Gasteiger partial charge in [-0.3, -0.25) is 9.59 Å². The van der Waals surface area contributed by atoms with Gasteiger partial charge in [0.25, 0.3) is 0 Å². The summed E-state index contributed by atoms with van der Waals surface area (Å²) in [4.78, 5) is 22.2. The van der Waals surface area contributed by atoms with E-state index in [1.807, 2.05) is 13.8 Å². The molecule has 1 amide bonds. The van der Waals surface area contributed by atoms with Crippen molar-refractivity contribution in [2.45, 2.75) is 39.5 Å². The van der Waals surface area contributed by atoms with Gasteiger partial charge in [0, 0.05) is 18.5 Å². The number of hydrogen-bond acceptors (Lipinski definition) is 2. The lowest BCUT2D eigenvalue weighted by Gasteiger charge is -2.11. The number of hydrogen-bond donors (Lipinski definition) is 2. The van der Waals surface area contributed by atoms with E-state index in [1.165, 1.54) is 5.57 Å². The molecule has 2 N–H and O–H groups in total. The van der Waals surface area contributed by atoms with Crippen LogP contribution in [-0.2, 0) is 9.59 Å². The van der Waals surface area contributed by atoms with Crippen LogP contribution in [0.2, 0.25) is 0 Å². The van der Waals surface area contributed by atoms with Crippen LogP contribution >= 0.6 is 0 Å². The van der Waals surface area contributed by atoms with Crippen molar-refractivity contribution in [1.82, 2.24) is 5.32 Å². The van der Waals surface area contributed by atoms with Gasteiger partial charge < -0.3 is 10.4 Å². The molecule has 1 atom stereocenters. The standard InChI is InChI=1S/C12H19NO3/c1-8(6-11(14)15)7-13-12(16)10-5-3-4-9(10)2/h8H,3-7H2,1-2H3,(H,13,16)(H,14,15). The quantitative estimate of drug-likeness (QED) is 0.748. The van der Waals surface area contributed by atoms with Gasteiger partial charge in [0.1, 0.15) is 0 Å². The Morgan fingerprint density at radius 1 is 1.44 bits per heavy atom. The number of carbonyl (C=O) groups is 2. The number of carbonyl (C=O) groups excluding carboxylic acids is 1. The zero-order chi connectivity index (χ0) is 12.1. The third-order valence-corrected chi connectivity index (χ3v) is 2.90. The molecule has 0 saturated heterocycles. The van der Waals surface area contributed by atoms with Crippen molar-refractivity contribution in [1.29, 1.82) is 0 Å². The Balaban J connectivity index is 2.35. The molecule has 0 fully saturated rings. The van der Waals surface area contributed by atoms with Gasteiger partial charge in [0.05, 0.1) is 0 Å². The summed E-state index contributed by atoms with van der Waals surface area (Å²) in [5.74, 6) is -0.867. The van der Waals surface area contributed by atoms with E-state index in [0.717, 1.165) is 24.8 Å². The molecule has 0 aliphatic heterocycles. The molecule has 0 aromatic carbocycles. The van der Waals surface area contributed by atoms with Crippen LogP contribution in [-0.4, -0.2) is 23.5 Å². The van der Waals surface area contributed by atoms with E-state index in [4.69, 9.17) is 5.11 Å². The number of aliphatic carboxylic acids is 1. The van der Waals surface area contributed by atoms with Crippen LogP contribution in [0.15, 0.2) is 11.1 Å². The highest BCUT2D eigenvalue weighted by Crippen LogP contribution is 2.25. The van der Waals surface area contributed by atoms with Crippen molar-refractivity contribution in [3.05, 3.63) is 11.1 Å². The predicted molar refractivity (Wildman–Crippen MR) is 61.0 cm³/mol. The average molecular weight is 225 g/mol. The average Bonchev–Trinajstić information content (AvgIpc) is 2.60. The molecule has 0 spiro atoms. The molecular formula is C12H19NO3. The van der Waals surface area contributed by atoms with Gasteiger partial charge in [-0.2, -0.15) is 0 Å². The summed E-state index contributed by atoms with van der Waals surface area (Å²) >= 11 is 0. The molecule has 0 bridgehead atoms. The minimum absolute atomic E-state index is 0.0211. The summed E-state index contributed by atoms with van der Waals surface area (Å²) in [6.45, 7) is 4.24. The number of allylic oxidation sites excluding steroid dienone is 1. The van der Waals surface area contributed by atoms with Crippen molar-refractivity contribution in [3.8, 4) is 0 Å². The van der Waals surface area contributed by atoms with Crippen molar-refractivity contribution >= 4 is 11.9 Å². The summed E-state index contributed by atoms with van der Waals surface area (Å²) in [6.07, 6.45) is 3.01. The number of carboxylic acids is 1. The molecular weight excluding hydrogens is 206 g/mol. The summed E-state index contributed by atoms with van der Waals surface area (Å²) in [6, 6.07) is 0.